The zero-order chi connectivity index (χ0) is 23.6. The Morgan fingerprint density at radius 1 is 1.22 bits per heavy atom. The van der Waals surface area contributed by atoms with E-state index in [9.17, 15) is 38.2 Å². The van der Waals surface area contributed by atoms with E-state index in [0.29, 0.717) is 5.56 Å². The molecule has 0 bridgehead atoms. The van der Waals surface area contributed by atoms with E-state index >= 15 is 0 Å². The van der Waals surface area contributed by atoms with E-state index in [0.717, 1.165) is 16.8 Å². The molecule has 0 aliphatic heterocycles. The molecule has 12 nitrogen and oxygen atoms in total. The molecule has 1 aromatic carbocycles. The van der Waals surface area contributed by atoms with Crippen LogP contribution in [0.5, 0.6) is 0 Å². The highest BCUT2D eigenvalue weighted by Gasteiger charge is 2.35. The molecular weight excluding hydrogens is 439 g/mol. The summed E-state index contributed by atoms with van der Waals surface area (Å²) in [4.78, 5) is 32.3. The van der Waals surface area contributed by atoms with Crippen LogP contribution in [0.15, 0.2) is 36.7 Å². The highest BCUT2D eigenvalue weighted by molar-refractivity contribution is 5.90. The smallest absolute Gasteiger partial charge is 0.358 e. The number of nitrogens with one attached hydrogen (secondary N) is 1. The largest absolute Gasteiger partial charge is 0.468 e. The molecule has 0 atom stereocenters. The number of carbonyl (C=O) groups is 1. The van der Waals surface area contributed by atoms with E-state index < -0.39 is 45.5 Å². The van der Waals surface area contributed by atoms with E-state index in [-0.39, 0.29) is 17.9 Å². The number of benzene rings is 1. The molecule has 0 saturated heterocycles. The van der Waals surface area contributed by atoms with Gasteiger partial charge in [-0.3, -0.25) is 19.6 Å². The Labute approximate surface area is 176 Å². The number of anilines is 1. The first kappa shape index (κ1) is 22.4. The molecule has 0 fully saturated rings. The van der Waals surface area contributed by atoms with Crippen LogP contribution in [0.25, 0.3) is 0 Å². The normalized spacial score (nSPS) is 11.4. The van der Waals surface area contributed by atoms with Gasteiger partial charge in [0.25, 0.3) is 0 Å². The second-order valence-corrected chi connectivity index (χ2v) is 6.60. The fourth-order valence-electron chi connectivity index (χ4n) is 2.90. The molecule has 2 heterocycles. The van der Waals surface area contributed by atoms with Gasteiger partial charge in [-0.25, -0.2) is 0 Å². The predicted molar refractivity (Wildman–Crippen MR) is 102 cm³/mol. The maximum absolute atomic E-state index is 12.8. The van der Waals surface area contributed by atoms with Crippen LogP contribution in [-0.2, 0) is 24.1 Å². The molecule has 0 spiro atoms. The Hall–Kier alpha value is -4.30. The lowest BCUT2D eigenvalue weighted by atomic mass is 10.1. The van der Waals surface area contributed by atoms with Crippen LogP contribution in [0.2, 0.25) is 0 Å². The zero-order valence-electron chi connectivity index (χ0n) is 16.2. The molecule has 168 valence electrons. The summed E-state index contributed by atoms with van der Waals surface area (Å²) >= 11 is 0. The third-order valence-corrected chi connectivity index (χ3v) is 4.32. The number of hydrogen-bond donors (Lipinski definition) is 1. The standard InChI is InChI=1S/C17H14F3N7O5/c1-10-15(26(29)30)16(27(31)32)23-25(10)9-14(28)22-13-6-21-24(8-13)7-11-3-2-4-12(5-11)17(18,19)20/h2-6,8H,7,9H2,1H3,(H,22,28). The Bertz CT molecular complexity index is 1200. The van der Waals surface area contributed by atoms with Gasteiger partial charge in [-0.15, -0.1) is 0 Å². The number of halogens is 3. The molecule has 0 radical (unpaired) electrons. The van der Waals surface area contributed by atoms with Crippen LogP contribution in [0, 0.1) is 27.2 Å². The molecule has 1 amide bonds. The summed E-state index contributed by atoms with van der Waals surface area (Å²) in [5.41, 5.74) is -1.23. The monoisotopic (exact) mass is 453 g/mol. The van der Waals surface area contributed by atoms with Gasteiger partial charge in [-0.2, -0.15) is 23.0 Å². The number of hydrogen-bond acceptors (Lipinski definition) is 7. The van der Waals surface area contributed by atoms with Crippen molar-refractivity contribution in [2.75, 3.05) is 5.32 Å². The quantitative estimate of drug-likeness (QED) is 0.427. The predicted octanol–water partition coefficient (Wildman–Crippen LogP) is 2.91. The molecule has 3 aromatic rings. The van der Waals surface area contributed by atoms with E-state index in [4.69, 9.17) is 0 Å². The summed E-state index contributed by atoms with van der Waals surface area (Å²) in [6, 6.07) is 4.70. The zero-order valence-corrected chi connectivity index (χ0v) is 16.2. The van der Waals surface area contributed by atoms with Crippen molar-refractivity contribution >= 4 is 23.1 Å². The third-order valence-electron chi connectivity index (χ3n) is 4.32. The lowest BCUT2D eigenvalue weighted by Gasteiger charge is -2.08. The van der Waals surface area contributed by atoms with Crippen LogP contribution in [0.1, 0.15) is 16.8 Å². The highest BCUT2D eigenvalue weighted by atomic mass is 19.4. The van der Waals surface area contributed by atoms with Crippen LogP contribution >= 0.6 is 0 Å². The number of rotatable bonds is 7. The Morgan fingerprint density at radius 2 is 1.94 bits per heavy atom. The highest BCUT2D eigenvalue weighted by Crippen LogP contribution is 2.30. The Kier molecular flexibility index (Phi) is 5.91. The van der Waals surface area contributed by atoms with E-state index in [1.165, 1.54) is 36.1 Å². The third kappa shape index (κ3) is 4.88. The molecule has 0 aliphatic carbocycles. The minimum absolute atomic E-state index is 0.0104. The second kappa shape index (κ2) is 8.44. The second-order valence-electron chi connectivity index (χ2n) is 6.60. The number of aromatic nitrogens is 4. The van der Waals surface area contributed by atoms with Gasteiger partial charge >= 0.3 is 17.7 Å². The molecule has 0 saturated carbocycles. The maximum atomic E-state index is 12.8. The number of carbonyl (C=O) groups excluding carboxylic acids is 1. The molecule has 0 unspecified atom stereocenters. The average molecular weight is 453 g/mol. The molecular formula is C17H14F3N7O5. The van der Waals surface area contributed by atoms with Gasteiger partial charge in [0.15, 0.2) is 0 Å². The van der Waals surface area contributed by atoms with Crippen molar-refractivity contribution in [1.82, 2.24) is 19.6 Å². The van der Waals surface area contributed by atoms with E-state index in [1.807, 2.05) is 0 Å². The summed E-state index contributed by atoms with van der Waals surface area (Å²) in [5, 5.41) is 31.9. The van der Waals surface area contributed by atoms with Crippen LogP contribution in [-0.4, -0.2) is 35.3 Å². The first-order valence-electron chi connectivity index (χ1n) is 8.80. The first-order chi connectivity index (χ1) is 15.0. The fraction of sp³-hybridized carbons (Fsp3) is 0.235. The van der Waals surface area contributed by atoms with Gasteiger partial charge in [-0.1, -0.05) is 12.1 Å². The average Bonchev–Trinajstić information content (AvgIpc) is 3.25. The van der Waals surface area contributed by atoms with Gasteiger partial charge in [0.2, 0.25) is 5.91 Å². The number of nitrogens with zero attached hydrogens (tertiary/aromatic N) is 6. The van der Waals surface area contributed by atoms with Gasteiger partial charge in [0.1, 0.15) is 12.2 Å². The summed E-state index contributed by atoms with van der Waals surface area (Å²) in [6.07, 6.45) is -1.85. The fourth-order valence-corrected chi connectivity index (χ4v) is 2.90. The van der Waals surface area contributed by atoms with Crippen molar-refractivity contribution in [3.8, 4) is 0 Å². The first-order valence-corrected chi connectivity index (χ1v) is 8.80. The van der Waals surface area contributed by atoms with Gasteiger partial charge < -0.3 is 15.4 Å². The van der Waals surface area contributed by atoms with Crippen molar-refractivity contribution in [2.24, 2.45) is 0 Å². The van der Waals surface area contributed by atoms with Gasteiger partial charge in [0.05, 0.1) is 34.0 Å². The van der Waals surface area contributed by atoms with Crippen LogP contribution in [0.4, 0.5) is 30.4 Å². The van der Waals surface area contributed by atoms with Crippen molar-refractivity contribution in [2.45, 2.75) is 26.2 Å². The summed E-state index contributed by atoms with van der Waals surface area (Å²) in [7, 11) is 0. The molecule has 0 aliphatic rings. The molecule has 1 N–H and O–H groups in total. The maximum Gasteiger partial charge on any atom is 0.468 e. The van der Waals surface area contributed by atoms with Crippen molar-refractivity contribution < 1.29 is 27.8 Å². The number of amides is 1. The van der Waals surface area contributed by atoms with Gasteiger partial charge in [-0.05, 0) is 29.5 Å². The lowest BCUT2D eigenvalue weighted by molar-refractivity contribution is -0.424. The van der Waals surface area contributed by atoms with E-state index in [2.05, 4.69) is 15.5 Å². The molecule has 2 aromatic heterocycles. The molecule has 3 rings (SSSR count). The minimum Gasteiger partial charge on any atom is -0.358 e. The summed E-state index contributed by atoms with van der Waals surface area (Å²) < 4.78 is 40.6. The van der Waals surface area contributed by atoms with Crippen LogP contribution < -0.4 is 5.32 Å². The molecule has 15 heteroatoms. The SMILES string of the molecule is Cc1c([N+](=O)[O-])c([N+](=O)[O-])nn1CC(=O)Nc1cnn(Cc2cccc(C(F)(F)F)c2)c1. The Morgan fingerprint density at radius 3 is 2.53 bits per heavy atom. The van der Waals surface area contributed by atoms with Crippen molar-refractivity contribution in [3.05, 3.63) is 73.7 Å². The minimum atomic E-state index is -4.48. The summed E-state index contributed by atoms with van der Waals surface area (Å²) in [6.45, 7) is 0.689. The van der Waals surface area contributed by atoms with Crippen LogP contribution in [0.3, 0.4) is 0 Å². The van der Waals surface area contributed by atoms with Crippen molar-refractivity contribution in [1.29, 1.82) is 0 Å². The number of nitro groups is 2. The van der Waals surface area contributed by atoms with E-state index in [1.54, 1.807) is 0 Å². The molecule has 32 heavy (non-hydrogen) atoms. The van der Waals surface area contributed by atoms with Crippen molar-refractivity contribution in [3.63, 3.8) is 0 Å². The Balaban J connectivity index is 1.69. The summed E-state index contributed by atoms with van der Waals surface area (Å²) in [5.74, 6) is -1.67. The number of alkyl halides is 3. The van der Waals surface area contributed by atoms with Gasteiger partial charge in [0, 0.05) is 6.20 Å². The topological polar surface area (TPSA) is 151 Å². The lowest BCUT2D eigenvalue weighted by Crippen LogP contribution is -2.20.